The normalized spacial score (nSPS) is 11.8. The van der Waals surface area contributed by atoms with Crippen molar-refractivity contribution < 1.29 is 18.9 Å². The van der Waals surface area contributed by atoms with Crippen LogP contribution in [0.25, 0.3) is 0 Å². The van der Waals surface area contributed by atoms with Crippen LogP contribution in [0.1, 0.15) is 188 Å². The number of allylic oxidation sites excluding steroid dienone is 1. The average molecular weight is 569 g/mol. The van der Waals surface area contributed by atoms with Gasteiger partial charge in [0.1, 0.15) is 0 Å². The van der Waals surface area contributed by atoms with Crippen molar-refractivity contribution in [3.8, 4) is 0 Å². The van der Waals surface area contributed by atoms with Crippen LogP contribution in [0.4, 0.5) is 0 Å². The lowest BCUT2D eigenvalue weighted by Crippen LogP contribution is -2.19. The maximum atomic E-state index is 6.15. The van der Waals surface area contributed by atoms with Gasteiger partial charge < -0.3 is 18.9 Å². The highest BCUT2D eigenvalue weighted by Crippen LogP contribution is 2.15. The number of hydrogen-bond acceptors (Lipinski definition) is 4. The zero-order chi connectivity index (χ0) is 29.0. The van der Waals surface area contributed by atoms with Gasteiger partial charge in [0.2, 0.25) is 0 Å². The average Bonchev–Trinajstić information content (AvgIpc) is 2.97. The zero-order valence-electron chi connectivity index (χ0n) is 27.6. The standard InChI is InChI=1S/C36H72O4/c1-4-7-10-21-26-31-37-35-38-32-27-24-19-17-15-13-14-16-18-20-25-30-36(39-33-28-22-11-8-5-2)40-34-29-23-12-9-6-3/h27,32,36H,4-26,28-31,33-35H2,1-3H3. The van der Waals surface area contributed by atoms with E-state index in [-0.39, 0.29) is 6.29 Å². The largest absolute Gasteiger partial charge is 0.475 e. The second kappa shape index (κ2) is 36.4. The second-order valence-electron chi connectivity index (χ2n) is 11.7. The van der Waals surface area contributed by atoms with Crippen LogP contribution in [0.3, 0.4) is 0 Å². The molecule has 0 aliphatic heterocycles. The molecule has 40 heavy (non-hydrogen) atoms. The Bertz CT molecular complexity index is 452. The van der Waals surface area contributed by atoms with Gasteiger partial charge in [-0.1, -0.05) is 143 Å². The van der Waals surface area contributed by atoms with Crippen LogP contribution < -0.4 is 0 Å². The van der Waals surface area contributed by atoms with E-state index in [1.54, 1.807) is 0 Å². The summed E-state index contributed by atoms with van der Waals surface area (Å²) in [5.74, 6) is 0. The van der Waals surface area contributed by atoms with E-state index in [0.29, 0.717) is 6.79 Å². The lowest BCUT2D eigenvalue weighted by atomic mass is 10.1. The Morgan fingerprint density at radius 3 is 1.40 bits per heavy atom. The fourth-order valence-corrected chi connectivity index (χ4v) is 4.96. The molecule has 0 radical (unpaired) electrons. The Kier molecular flexibility index (Phi) is 35.9. The van der Waals surface area contributed by atoms with Crippen molar-refractivity contribution in [3.63, 3.8) is 0 Å². The van der Waals surface area contributed by atoms with Crippen molar-refractivity contribution in [2.45, 2.75) is 194 Å². The van der Waals surface area contributed by atoms with E-state index >= 15 is 0 Å². The summed E-state index contributed by atoms with van der Waals surface area (Å²) in [5.41, 5.74) is 0. The van der Waals surface area contributed by atoms with E-state index < -0.39 is 0 Å². The highest BCUT2D eigenvalue weighted by Gasteiger charge is 2.09. The third-order valence-electron chi connectivity index (χ3n) is 7.65. The summed E-state index contributed by atoms with van der Waals surface area (Å²) in [7, 11) is 0. The maximum Gasteiger partial charge on any atom is 0.188 e. The van der Waals surface area contributed by atoms with E-state index in [1.165, 1.54) is 148 Å². The fourth-order valence-electron chi connectivity index (χ4n) is 4.96. The highest BCUT2D eigenvalue weighted by molar-refractivity contribution is 4.72. The van der Waals surface area contributed by atoms with Crippen LogP contribution in [-0.4, -0.2) is 32.9 Å². The molecular weight excluding hydrogens is 496 g/mol. The van der Waals surface area contributed by atoms with Crippen LogP contribution in [0.5, 0.6) is 0 Å². The molecule has 0 aromatic heterocycles. The first-order valence-corrected chi connectivity index (χ1v) is 17.9. The Hall–Kier alpha value is -0.580. The molecule has 0 spiro atoms. The molecule has 0 amide bonds. The van der Waals surface area contributed by atoms with E-state index in [0.717, 1.165) is 39.1 Å². The van der Waals surface area contributed by atoms with Crippen LogP contribution in [-0.2, 0) is 18.9 Å². The molecule has 240 valence electrons. The minimum Gasteiger partial charge on any atom is -0.475 e. The Balaban J connectivity index is 3.59. The SMILES string of the molecule is CCCCCCCOCOC=CCCCCCCCCCCCC(OCCCCCCC)OCCCCCCC. The topological polar surface area (TPSA) is 36.9 Å². The molecule has 0 aliphatic carbocycles. The Morgan fingerprint density at radius 2 is 0.875 bits per heavy atom. The molecule has 0 aromatic carbocycles. The van der Waals surface area contributed by atoms with Gasteiger partial charge in [-0.15, -0.1) is 0 Å². The van der Waals surface area contributed by atoms with Crippen LogP contribution >= 0.6 is 0 Å². The molecule has 0 heterocycles. The summed E-state index contributed by atoms with van der Waals surface area (Å²) in [6, 6.07) is 0. The number of rotatable bonds is 35. The highest BCUT2D eigenvalue weighted by atomic mass is 16.7. The van der Waals surface area contributed by atoms with E-state index in [1.807, 2.05) is 6.26 Å². The molecule has 0 rings (SSSR count). The summed E-state index contributed by atoms with van der Waals surface area (Å²) >= 11 is 0. The van der Waals surface area contributed by atoms with Crippen LogP contribution in [0.15, 0.2) is 12.3 Å². The maximum absolute atomic E-state index is 6.15. The molecule has 0 atom stereocenters. The first-order valence-electron chi connectivity index (χ1n) is 17.9. The molecule has 0 aliphatic rings. The first kappa shape index (κ1) is 39.4. The second-order valence-corrected chi connectivity index (χ2v) is 11.7. The molecular formula is C36H72O4. The van der Waals surface area contributed by atoms with Crippen molar-refractivity contribution in [1.82, 2.24) is 0 Å². The molecule has 4 heteroatoms. The van der Waals surface area contributed by atoms with Crippen molar-refractivity contribution in [2.75, 3.05) is 26.6 Å². The smallest absolute Gasteiger partial charge is 0.188 e. The molecule has 0 saturated heterocycles. The molecule has 4 nitrogen and oxygen atoms in total. The summed E-state index contributed by atoms with van der Waals surface area (Å²) in [5, 5.41) is 0. The van der Waals surface area contributed by atoms with Gasteiger partial charge in [0.25, 0.3) is 0 Å². The minimum absolute atomic E-state index is 0.0182. The Labute approximate surface area is 251 Å². The predicted octanol–water partition coefficient (Wildman–Crippen LogP) is 12.1. The first-order chi connectivity index (χ1) is 19.8. The van der Waals surface area contributed by atoms with Crippen LogP contribution in [0.2, 0.25) is 0 Å². The van der Waals surface area contributed by atoms with Gasteiger partial charge in [-0.3, -0.25) is 0 Å². The van der Waals surface area contributed by atoms with E-state index in [4.69, 9.17) is 18.9 Å². The van der Waals surface area contributed by atoms with E-state index in [9.17, 15) is 0 Å². The van der Waals surface area contributed by atoms with Crippen molar-refractivity contribution in [3.05, 3.63) is 12.3 Å². The number of hydrogen-bond donors (Lipinski definition) is 0. The van der Waals surface area contributed by atoms with Gasteiger partial charge in [-0.2, -0.15) is 0 Å². The van der Waals surface area contributed by atoms with Gasteiger partial charge in [0.05, 0.1) is 12.9 Å². The predicted molar refractivity (Wildman–Crippen MR) is 174 cm³/mol. The molecule has 0 N–H and O–H groups in total. The van der Waals surface area contributed by atoms with Crippen LogP contribution in [0, 0.1) is 0 Å². The zero-order valence-corrected chi connectivity index (χ0v) is 27.6. The summed E-state index contributed by atoms with van der Waals surface area (Å²) in [6.07, 6.45) is 37.4. The van der Waals surface area contributed by atoms with Gasteiger partial charge in [0.15, 0.2) is 13.1 Å². The molecule has 0 saturated carbocycles. The lowest BCUT2D eigenvalue weighted by molar-refractivity contribution is -0.148. The molecule has 0 unspecified atom stereocenters. The molecule has 0 fully saturated rings. The number of unbranched alkanes of at least 4 members (excludes halogenated alkanes) is 21. The van der Waals surface area contributed by atoms with Crippen molar-refractivity contribution in [1.29, 1.82) is 0 Å². The van der Waals surface area contributed by atoms with Gasteiger partial charge in [-0.05, 0) is 51.0 Å². The molecule has 0 bridgehead atoms. The fraction of sp³-hybridized carbons (Fsp3) is 0.944. The summed E-state index contributed by atoms with van der Waals surface area (Å²) < 4.78 is 23.2. The van der Waals surface area contributed by atoms with E-state index in [2.05, 4.69) is 26.8 Å². The van der Waals surface area contributed by atoms with Gasteiger partial charge >= 0.3 is 0 Å². The third-order valence-corrected chi connectivity index (χ3v) is 7.65. The lowest BCUT2D eigenvalue weighted by Gasteiger charge is -2.19. The van der Waals surface area contributed by atoms with Gasteiger partial charge in [-0.25, -0.2) is 0 Å². The quantitative estimate of drug-likeness (QED) is 0.0433. The van der Waals surface area contributed by atoms with Crippen molar-refractivity contribution in [2.24, 2.45) is 0 Å². The summed E-state index contributed by atoms with van der Waals surface area (Å²) in [6.45, 7) is 9.72. The number of ether oxygens (including phenoxy) is 4. The third kappa shape index (κ3) is 33.6. The van der Waals surface area contributed by atoms with Crippen molar-refractivity contribution >= 4 is 0 Å². The van der Waals surface area contributed by atoms with Gasteiger partial charge in [0, 0.05) is 13.2 Å². The minimum atomic E-state index is 0.0182. The molecule has 0 aromatic rings. The Morgan fingerprint density at radius 1 is 0.450 bits per heavy atom. The summed E-state index contributed by atoms with van der Waals surface area (Å²) in [4.78, 5) is 0. The monoisotopic (exact) mass is 569 g/mol.